The monoisotopic (exact) mass is 281 g/mol. The van der Waals surface area contributed by atoms with E-state index in [0.29, 0.717) is 13.1 Å². The molecular weight excluding hydrogens is 254 g/mol. The van der Waals surface area contributed by atoms with Gasteiger partial charge in [0.05, 0.1) is 6.61 Å². The van der Waals surface area contributed by atoms with Gasteiger partial charge in [0.1, 0.15) is 18.5 Å². The van der Waals surface area contributed by atoms with E-state index in [-0.39, 0.29) is 18.6 Å². The largest absolute Gasteiger partial charge is 0.491 e. The van der Waals surface area contributed by atoms with E-state index in [1.807, 2.05) is 24.1 Å². The predicted molar refractivity (Wildman–Crippen MR) is 81.2 cm³/mol. The lowest BCUT2D eigenvalue weighted by Crippen LogP contribution is -2.34. The van der Waals surface area contributed by atoms with Crippen LogP contribution in [-0.4, -0.2) is 54.6 Å². The van der Waals surface area contributed by atoms with Gasteiger partial charge in [-0.1, -0.05) is 32.9 Å². The highest BCUT2D eigenvalue weighted by Gasteiger charge is 2.13. The molecule has 4 nitrogen and oxygen atoms in total. The summed E-state index contributed by atoms with van der Waals surface area (Å²) in [5, 5.41) is 18.6. The van der Waals surface area contributed by atoms with Gasteiger partial charge in [-0.2, -0.15) is 0 Å². The molecule has 1 aromatic rings. The Labute approximate surface area is 122 Å². The summed E-state index contributed by atoms with van der Waals surface area (Å²) >= 11 is 0. The fourth-order valence-corrected chi connectivity index (χ4v) is 1.92. The van der Waals surface area contributed by atoms with Crippen LogP contribution >= 0.6 is 0 Å². The Balaban J connectivity index is 2.42. The summed E-state index contributed by atoms with van der Waals surface area (Å²) < 4.78 is 5.58. The number of benzene rings is 1. The zero-order chi connectivity index (χ0) is 15.2. The molecule has 0 heterocycles. The van der Waals surface area contributed by atoms with Crippen molar-refractivity contribution in [2.24, 2.45) is 0 Å². The van der Waals surface area contributed by atoms with Crippen LogP contribution in [0.15, 0.2) is 24.3 Å². The molecule has 0 saturated carbocycles. The standard InChI is InChI=1S/C16H27NO3/c1-16(2,3)13-5-7-15(8-6-13)20-12-14(19)11-17(4)9-10-18/h5-8,14,18-19H,9-12H2,1-4H3/t14-/m0/s1. The van der Waals surface area contributed by atoms with Crippen LogP contribution in [-0.2, 0) is 5.41 Å². The topological polar surface area (TPSA) is 52.9 Å². The third-order valence-electron chi connectivity index (χ3n) is 3.17. The molecule has 0 aromatic heterocycles. The second kappa shape index (κ2) is 7.62. The molecule has 1 aromatic carbocycles. The minimum Gasteiger partial charge on any atom is -0.491 e. The molecule has 0 aliphatic rings. The molecule has 0 fully saturated rings. The first-order valence-corrected chi connectivity index (χ1v) is 7.03. The first kappa shape index (κ1) is 17.0. The Morgan fingerprint density at radius 3 is 2.30 bits per heavy atom. The average Bonchev–Trinajstić information content (AvgIpc) is 2.36. The fourth-order valence-electron chi connectivity index (χ4n) is 1.92. The lowest BCUT2D eigenvalue weighted by molar-refractivity contribution is 0.0710. The number of aliphatic hydroxyl groups is 2. The quantitative estimate of drug-likeness (QED) is 0.798. The number of likely N-dealkylation sites (N-methyl/N-ethyl adjacent to an activating group) is 1. The zero-order valence-electron chi connectivity index (χ0n) is 13.0. The van der Waals surface area contributed by atoms with Crippen molar-refractivity contribution in [3.63, 3.8) is 0 Å². The van der Waals surface area contributed by atoms with Crippen molar-refractivity contribution in [2.45, 2.75) is 32.3 Å². The van der Waals surface area contributed by atoms with Crippen LogP contribution in [0.2, 0.25) is 0 Å². The number of nitrogens with zero attached hydrogens (tertiary/aromatic N) is 1. The first-order chi connectivity index (χ1) is 9.32. The van der Waals surface area contributed by atoms with E-state index < -0.39 is 6.10 Å². The van der Waals surface area contributed by atoms with Crippen LogP contribution in [0.3, 0.4) is 0 Å². The minimum absolute atomic E-state index is 0.0956. The van der Waals surface area contributed by atoms with Crippen molar-refractivity contribution in [3.8, 4) is 5.75 Å². The molecule has 1 rings (SSSR count). The normalized spacial score (nSPS) is 13.6. The molecule has 0 unspecified atom stereocenters. The third-order valence-corrected chi connectivity index (χ3v) is 3.17. The van der Waals surface area contributed by atoms with Gasteiger partial charge in [0.15, 0.2) is 0 Å². The summed E-state index contributed by atoms with van der Waals surface area (Å²) in [5.74, 6) is 0.766. The second-order valence-electron chi connectivity index (χ2n) is 6.23. The Morgan fingerprint density at radius 1 is 1.20 bits per heavy atom. The molecule has 0 bridgehead atoms. The maximum Gasteiger partial charge on any atom is 0.119 e. The van der Waals surface area contributed by atoms with Gasteiger partial charge >= 0.3 is 0 Å². The van der Waals surface area contributed by atoms with Gasteiger partial charge in [0, 0.05) is 13.1 Å². The highest BCUT2D eigenvalue weighted by Crippen LogP contribution is 2.24. The molecule has 0 saturated heterocycles. The molecule has 0 aliphatic heterocycles. The van der Waals surface area contributed by atoms with Crippen molar-refractivity contribution in [1.82, 2.24) is 4.90 Å². The third kappa shape index (κ3) is 5.90. The van der Waals surface area contributed by atoms with E-state index in [1.54, 1.807) is 0 Å². The molecule has 1 atom stereocenters. The van der Waals surface area contributed by atoms with Crippen LogP contribution in [0.1, 0.15) is 26.3 Å². The molecule has 0 aliphatic carbocycles. The van der Waals surface area contributed by atoms with Crippen LogP contribution in [0, 0.1) is 0 Å². The Hall–Kier alpha value is -1.10. The number of rotatable bonds is 7. The van der Waals surface area contributed by atoms with Crippen molar-refractivity contribution >= 4 is 0 Å². The average molecular weight is 281 g/mol. The maximum absolute atomic E-state index is 9.84. The van der Waals surface area contributed by atoms with E-state index in [1.165, 1.54) is 5.56 Å². The molecule has 0 spiro atoms. The number of hydrogen-bond donors (Lipinski definition) is 2. The lowest BCUT2D eigenvalue weighted by atomic mass is 9.87. The predicted octanol–water partition coefficient (Wildman–Crippen LogP) is 1.65. The molecular formula is C16H27NO3. The molecule has 4 heteroatoms. The summed E-state index contributed by atoms with van der Waals surface area (Å²) in [6.07, 6.45) is -0.561. The Bertz CT molecular complexity index is 384. The van der Waals surface area contributed by atoms with Gasteiger partial charge in [0.25, 0.3) is 0 Å². The molecule has 0 amide bonds. The second-order valence-corrected chi connectivity index (χ2v) is 6.23. The van der Waals surface area contributed by atoms with Crippen LogP contribution in [0.25, 0.3) is 0 Å². The van der Waals surface area contributed by atoms with E-state index >= 15 is 0 Å². The number of ether oxygens (including phenoxy) is 1. The van der Waals surface area contributed by atoms with E-state index in [2.05, 4.69) is 32.9 Å². The summed E-state index contributed by atoms with van der Waals surface area (Å²) in [5.41, 5.74) is 1.39. The zero-order valence-corrected chi connectivity index (χ0v) is 13.0. The van der Waals surface area contributed by atoms with E-state index in [9.17, 15) is 5.11 Å². The lowest BCUT2D eigenvalue weighted by Gasteiger charge is -2.21. The highest BCUT2D eigenvalue weighted by atomic mass is 16.5. The van der Waals surface area contributed by atoms with Crippen molar-refractivity contribution in [2.75, 3.05) is 33.4 Å². The smallest absolute Gasteiger partial charge is 0.119 e. The highest BCUT2D eigenvalue weighted by molar-refractivity contribution is 5.31. The Morgan fingerprint density at radius 2 is 1.80 bits per heavy atom. The summed E-state index contributed by atoms with van der Waals surface area (Å²) in [4.78, 5) is 1.87. The van der Waals surface area contributed by atoms with E-state index in [4.69, 9.17) is 9.84 Å². The number of aliphatic hydroxyl groups excluding tert-OH is 2. The van der Waals surface area contributed by atoms with Gasteiger partial charge in [0.2, 0.25) is 0 Å². The van der Waals surface area contributed by atoms with Gasteiger partial charge in [-0.3, -0.25) is 0 Å². The van der Waals surface area contributed by atoms with Crippen LogP contribution in [0.5, 0.6) is 5.75 Å². The van der Waals surface area contributed by atoms with Gasteiger partial charge in [-0.15, -0.1) is 0 Å². The van der Waals surface area contributed by atoms with Crippen LogP contribution in [0.4, 0.5) is 0 Å². The molecule has 0 radical (unpaired) electrons. The fraction of sp³-hybridized carbons (Fsp3) is 0.625. The van der Waals surface area contributed by atoms with Crippen molar-refractivity contribution in [1.29, 1.82) is 0 Å². The first-order valence-electron chi connectivity index (χ1n) is 7.03. The van der Waals surface area contributed by atoms with Crippen molar-refractivity contribution in [3.05, 3.63) is 29.8 Å². The Kier molecular flexibility index (Phi) is 6.46. The van der Waals surface area contributed by atoms with Crippen LogP contribution < -0.4 is 4.74 Å². The van der Waals surface area contributed by atoms with Gasteiger partial charge < -0.3 is 19.8 Å². The summed E-state index contributed by atoms with van der Waals surface area (Å²) in [6.45, 7) is 7.90. The van der Waals surface area contributed by atoms with Crippen molar-refractivity contribution < 1.29 is 14.9 Å². The summed E-state index contributed by atoms with van der Waals surface area (Å²) in [7, 11) is 1.86. The minimum atomic E-state index is -0.561. The van der Waals surface area contributed by atoms with E-state index in [0.717, 1.165) is 5.75 Å². The van der Waals surface area contributed by atoms with Gasteiger partial charge in [-0.25, -0.2) is 0 Å². The summed E-state index contributed by atoms with van der Waals surface area (Å²) in [6, 6.07) is 7.98. The SMILES string of the molecule is CN(CCO)C[C@H](O)COc1ccc(C(C)(C)C)cc1. The molecule has 114 valence electrons. The molecule has 2 N–H and O–H groups in total. The molecule has 20 heavy (non-hydrogen) atoms. The number of hydrogen-bond acceptors (Lipinski definition) is 4. The van der Waals surface area contributed by atoms with Gasteiger partial charge in [-0.05, 0) is 30.2 Å². The maximum atomic E-state index is 9.84.